The summed E-state index contributed by atoms with van der Waals surface area (Å²) < 4.78 is 0. The monoisotopic (exact) mass is 236 g/mol. The highest BCUT2D eigenvalue weighted by Crippen LogP contribution is 2.56. The minimum absolute atomic E-state index is 0.907. The van der Waals surface area contributed by atoms with Gasteiger partial charge in [0, 0.05) is 0 Å². The van der Waals surface area contributed by atoms with E-state index in [1.807, 2.05) is 0 Å². The summed E-state index contributed by atoms with van der Waals surface area (Å²) in [6.45, 7) is 14.7. The van der Waals surface area contributed by atoms with E-state index in [1.54, 1.807) is 0 Å². The van der Waals surface area contributed by atoms with E-state index in [1.165, 1.54) is 19.3 Å². The van der Waals surface area contributed by atoms with E-state index in [4.69, 9.17) is 0 Å². The fourth-order valence-electron chi connectivity index (χ4n) is 5.02. The molecule has 0 heterocycles. The molecule has 0 saturated heterocycles. The molecular weight excluding hydrogens is 204 g/mol. The van der Waals surface area contributed by atoms with Crippen LogP contribution in [-0.2, 0) is 0 Å². The van der Waals surface area contributed by atoms with E-state index >= 15 is 0 Å². The predicted octanol–water partition coefficient (Wildman–Crippen LogP) is 5.23. The molecule has 0 aromatic rings. The van der Waals surface area contributed by atoms with E-state index < -0.39 is 0 Å². The second-order valence-corrected chi connectivity index (χ2v) is 7.51. The van der Waals surface area contributed by atoms with Gasteiger partial charge in [0.05, 0.1) is 0 Å². The zero-order chi connectivity index (χ0) is 12.7. The molecule has 0 amide bonds. The highest BCUT2D eigenvalue weighted by atomic mass is 14.5. The van der Waals surface area contributed by atoms with Crippen molar-refractivity contribution in [1.82, 2.24) is 0 Å². The molecule has 0 N–H and O–H groups in total. The maximum Gasteiger partial charge on any atom is -0.0331 e. The van der Waals surface area contributed by atoms with Crippen LogP contribution in [0.4, 0.5) is 0 Å². The Morgan fingerprint density at radius 3 is 2.12 bits per heavy atom. The average Bonchev–Trinajstić information content (AvgIpc) is 2.85. The van der Waals surface area contributed by atoms with Gasteiger partial charge < -0.3 is 0 Å². The summed E-state index contributed by atoms with van der Waals surface area (Å²) in [4.78, 5) is 0. The molecule has 0 bridgehead atoms. The zero-order valence-corrected chi connectivity index (χ0v) is 12.7. The van der Waals surface area contributed by atoms with E-state index in [9.17, 15) is 0 Å². The van der Waals surface area contributed by atoms with Crippen molar-refractivity contribution in [2.24, 2.45) is 47.3 Å². The lowest BCUT2D eigenvalue weighted by atomic mass is 9.59. The molecule has 2 rings (SSSR count). The third-order valence-electron chi connectivity index (χ3n) is 6.18. The molecule has 2 saturated carbocycles. The van der Waals surface area contributed by atoms with Crippen LogP contribution >= 0.6 is 0 Å². The van der Waals surface area contributed by atoms with Gasteiger partial charge in [0.1, 0.15) is 0 Å². The van der Waals surface area contributed by atoms with Gasteiger partial charge in [-0.15, -0.1) is 0 Å². The Morgan fingerprint density at radius 1 is 1.06 bits per heavy atom. The van der Waals surface area contributed by atoms with Crippen molar-refractivity contribution in [2.45, 2.75) is 60.8 Å². The Morgan fingerprint density at radius 2 is 1.71 bits per heavy atom. The van der Waals surface area contributed by atoms with Gasteiger partial charge in [0.25, 0.3) is 0 Å². The van der Waals surface area contributed by atoms with Crippen LogP contribution in [0.2, 0.25) is 0 Å². The van der Waals surface area contributed by atoms with Gasteiger partial charge in [-0.2, -0.15) is 0 Å². The molecule has 0 heteroatoms. The Bertz CT molecular complexity index is 255. The molecule has 2 aliphatic rings. The SMILES string of the molecule is CCC1C(C)CC1C(C)CC1C(C)C1C(C)C. The minimum Gasteiger partial charge on any atom is -0.0651 e. The normalized spacial score (nSPS) is 46.8. The predicted molar refractivity (Wildman–Crippen MR) is 75.8 cm³/mol. The van der Waals surface area contributed by atoms with Gasteiger partial charge >= 0.3 is 0 Å². The average molecular weight is 236 g/mol. The van der Waals surface area contributed by atoms with Crippen LogP contribution in [0.1, 0.15) is 60.8 Å². The smallest absolute Gasteiger partial charge is 0.0331 e. The van der Waals surface area contributed by atoms with Gasteiger partial charge in [0.15, 0.2) is 0 Å². The Labute approximate surface area is 109 Å². The molecule has 0 nitrogen and oxygen atoms in total. The molecule has 2 fully saturated rings. The van der Waals surface area contributed by atoms with E-state index in [0.29, 0.717) is 0 Å². The van der Waals surface area contributed by atoms with Crippen molar-refractivity contribution in [3.63, 3.8) is 0 Å². The van der Waals surface area contributed by atoms with Crippen LogP contribution in [0.5, 0.6) is 0 Å². The van der Waals surface area contributed by atoms with Crippen LogP contribution in [0.3, 0.4) is 0 Å². The summed E-state index contributed by atoms with van der Waals surface area (Å²) in [6, 6.07) is 0. The number of hydrogen-bond donors (Lipinski definition) is 0. The van der Waals surface area contributed by atoms with Crippen LogP contribution in [0.25, 0.3) is 0 Å². The van der Waals surface area contributed by atoms with Gasteiger partial charge in [-0.1, -0.05) is 48.0 Å². The van der Waals surface area contributed by atoms with Crippen molar-refractivity contribution >= 4 is 0 Å². The third kappa shape index (κ3) is 2.42. The second-order valence-electron chi connectivity index (χ2n) is 7.51. The van der Waals surface area contributed by atoms with E-state index in [0.717, 1.165) is 47.3 Å². The lowest BCUT2D eigenvalue weighted by molar-refractivity contribution is 0.0312. The fraction of sp³-hybridized carbons (Fsp3) is 1.00. The van der Waals surface area contributed by atoms with Crippen molar-refractivity contribution in [1.29, 1.82) is 0 Å². The molecule has 17 heavy (non-hydrogen) atoms. The van der Waals surface area contributed by atoms with Crippen LogP contribution in [0, 0.1) is 47.3 Å². The summed E-state index contributed by atoms with van der Waals surface area (Å²) in [5.41, 5.74) is 0. The lowest BCUT2D eigenvalue weighted by Crippen LogP contribution is -2.38. The molecule has 0 spiro atoms. The van der Waals surface area contributed by atoms with Crippen molar-refractivity contribution < 1.29 is 0 Å². The Kier molecular flexibility index (Phi) is 3.90. The fourth-order valence-corrected chi connectivity index (χ4v) is 5.02. The molecule has 7 unspecified atom stereocenters. The van der Waals surface area contributed by atoms with Gasteiger partial charge in [0.2, 0.25) is 0 Å². The summed E-state index contributed by atoms with van der Waals surface area (Å²) in [5.74, 6) is 8.08. The highest BCUT2D eigenvalue weighted by molar-refractivity contribution is 4.98. The van der Waals surface area contributed by atoms with Crippen LogP contribution in [0.15, 0.2) is 0 Å². The van der Waals surface area contributed by atoms with Crippen molar-refractivity contribution in [3.05, 3.63) is 0 Å². The molecule has 7 atom stereocenters. The largest absolute Gasteiger partial charge is 0.0651 e. The number of rotatable bonds is 5. The zero-order valence-electron chi connectivity index (χ0n) is 12.7. The number of hydrogen-bond acceptors (Lipinski definition) is 0. The first-order valence-corrected chi connectivity index (χ1v) is 7.97. The first kappa shape index (κ1) is 13.4. The van der Waals surface area contributed by atoms with Crippen LogP contribution < -0.4 is 0 Å². The van der Waals surface area contributed by atoms with E-state index in [2.05, 4.69) is 41.5 Å². The molecule has 0 aromatic heterocycles. The van der Waals surface area contributed by atoms with Crippen LogP contribution in [-0.4, -0.2) is 0 Å². The quantitative estimate of drug-likeness (QED) is 0.613. The maximum atomic E-state index is 2.53. The van der Waals surface area contributed by atoms with Crippen molar-refractivity contribution in [2.75, 3.05) is 0 Å². The summed E-state index contributed by atoms with van der Waals surface area (Å²) in [7, 11) is 0. The van der Waals surface area contributed by atoms with Crippen molar-refractivity contribution in [3.8, 4) is 0 Å². The highest BCUT2D eigenvalue weighted by Gasteiger charge is 2.50. The molecule has 0 aliphatic heterocycles. The molecular formula is C17H32. The third-order valence-corrected chi connectivity index (χ3v) is 6.18. The minimum atomic E-state index is 0.907. The first-order chi connectivity index (χ1) is 7.97. The Hall–Kier alpha value is 0. The van der Waals surface area contributed by atoms with E-state index in [-0.39, 0.29) is 0 Å². The first-order valence-electron chi connectivity index (χ1n) is 7.97. The van der Waals surface area contributed by atoms with Gasteiger partial charge in [-0.05, 0) is 60.2 Å². The van der Waals surface area contributed by atoms with Gasteiger partial charge in [-0.3, -0.25) is 0 Å². The molecule has 2 aliphatic carbocycles. The summed E-state index contributed by atoms with van der Waals surface area (Å²) in [5, 5.41) is 0. The summed E-state index contributed by atoms with van der Waals surface area (Å²) in [6.07, 6.45) is 4.43. The lowest BCUT2D eigenvalue weighted by Gasteiger charge is -2.46. The maximum absolute atomic E-state index is 2.53. The second kappa shape index (κ2) is 4.94. The van der Waals surface area contributed by atoms with Gasteiger partial charge in [-0.25, -0.2) is 0 Å². The molecule has 0 aromatic carbocycles. The Balaban J connectivity index is 1.81. The molecule has 0 radical (unpaired) electrons. The molecule has 100 valence electrons. The topological polar surface area (TPSA) is 0 Å². The summed E-state index contributed by atoms with van der Waals surface area (Å²) >= 11 is 0. The standard InChI is InChI=1S/C17H32/c1-7-14-11(4)8-15(14)12(5)9-16-13(6)17(16)10(2)3/h10-17H,7-9H2,1-6H3.